The maximum atomic E-state index is 10.5. The molecule has 3 nitrogen and oxygen atoms in total. The van der Waals surface area contributed by atoms with E-state index in [1.165, 1.54) is 0 Å². The summed E-state index contributed by atoms with van der Waals surface area (Å²) in [4.78, 5) is 10.5. The van der Waals surface area contributed by atoms with Crippen LogP contribution in [0.25, 0.3) is 0 Å². The number of benzene rings is 1. The predicted octanol–water partition coefficient (Wildman–Crippen LogP) is 3.33. The van der Waals surface area contributed by atoms with Crippen molar-refractivity contribution in [1.82, 2.24) is 0 Å². The second kappa shape index (κ2) is 10.1. The van der Waals surface area contributed by atoms with E-state index in [-0.39, 0.29) is 0 Å². The van der Waals surface area contributed by atoms with Gasteiger partial charge in [0, 0.05) is 12.1 Å². The van der Waals surface area contributed by atoms with Crippen LogP contribution in [0.4, 0.5) is 0 Å². The summed E-state index contributed by atoms with van der Waals surface area (Å²) in [5, 5.41) is 7.65. The van der Waals surface area contributed by atoms with Crippen LogP contribution in [0.1, 0.15) is 27.7 Å². The standard InChI is InChI=1S/C10H11ClO2.C2H6.CH4O/c1-10(2,7-12)13-9-5-3-8(11)4-6-9;2*1-2/h3-7H,1-2H3;1-2H3;2H,1H3. The van der Waals surface area contributed by atoms with Gasteiger partial charge >= 0.3 is 0 Å². The van der Waals surface area contributed by atoms with Gasteiger partial charge in [-0.3, -0.25) is 4.79 Å². The maximum Gasteiger partial charge on any atom is 0.162 e. The molecule has 0 heterocycles. The van der Waals surface area contributed by atoms with Crippen LogP contribution in [0.2, 0.25) is 5.02 Å². The molecule has 0 saturated carbocycles. The molecule has 0 unspecified atom stereocenters. The highest BCUT2D eigenvalue weighted by Crippen LogP contribution is 2.19. The number of halogens is 1. The fraction of sp³-hybridized carbons (Fsp3) is 0.462. The van der Waals surface area contributed by atoms with Crippen LogP contribution in [0.5, 0.6) is 5.75 Å². The largest absolute Gasteiger partial charge is 0.480 e. The summed E-state index contributed by atoms with van der Waals surface area (Å²) >= 11 is 5.69. The average molecular weight is 261 g/mol. The molecule has 1 aromatic rings. The first-order valence-electron chi connectivity index (χ1n) is 5.39. The summed E-state index contributed by atoms with van der Waals surface area (Å²) in [6, 6.07) is 6.90. The molecule has 0 saturated heterocycles. The number of rotatable bonds is 3. The van der Waals surface area contributed by atoms with Gasteiger partial charge in [0.05, 0.1) is 0 Å². The zero-order chi connectivity index (χ0) is 13.9. The van der Waals surface area contributed by atoms with Gasteiger partial charge in [-0.1, -0.05) is 25.4 Å². The highest BCUT2D eigenvalue weighted by Gasteiger charge is 2.17. The molecule has 0 bridgehead atoms. The summed E-state index contributed by atoms with van der Waals surface area (Å²) in [6.45, 7) is 7.41. The van der Waals surface area contributed by atoms with Gasteiger partial charge in [0.2, 0.25) is 0 Å². The van der Waals surface area contributed by atoms with E-state index in [1.54, 1.807) is 38.1 Å². The quantitative estimate of drug-likeness (QED) is 0.848. The number of aliphatic hydroxyl groups is 1. The predicted molar refractivity (Wildman–Crippen MR) is 71.7 cm³/mol. The lowest BCUT2D eigenvalue weighted by Gasteiger charge is -2.19. The highest BCUT2D eigenvalue weighted by molar-refractivity contribution is 6.30. The smallest absolute Gasteiger partial charge is 0.162 e. The molecule has 17 heavy (non-hydrogen) atoms. The minimum absolute atomic E-state index is 0.640. The molecule has 4 heteroatoms. The maximum absolute atomic E-state index is 10.5. The van der Waals surface area contributed by atoms with Crippen molar-refractivity contribution < 1.29 is 14.6 Å². The lowest BCUT2D eigenvalue weighted by Crippen LogP contribution is -2.29. The van der Waals surface area contributed by atoms with Gasteiger partial charge in [0.25, 0.3) is 0 Å². The van der Waals surface area contributed by atoms with E-state index in [0.717, 1.165) is 13.4 Å². The molecule has 0 fully saturated rings. The molecule has 1 aromatic carbocycles. The molecule has 0 aliphatic carbocycles. The highest BCUT2D eigenvalue weighted by atomic mass is 35.5. The van der Waals surface area contributed by atoms with E-state index in [0.29, 0.717) is 10.8 Å². The molecule has 0 aromatic heterocycles. The van der Waals surface area contributed by atoms with Crippen LogP contribution in [0.15, 0.2) is 24.3 Å². The number of ether oxygens (including phenoxy) is 1. The van der Waals surface area contributed by atoms with Crippen molar-refractivity contribution in [2.75, 3.05) is 7.11 Å². The van der Waals surface area contributed by atoms with E-state index in [9.17, 15) is 4.79 Å². The average Bonchev–Trinajstić information content (AvgIpc) is 2.37. The molecular formula is C13H21ClO3. The third kappa shape index (κ3) is 8.72. The molecular weight excluding hydrogens is 240 g/mol. The van der Waals surface area contributed by atoms with Gasteiger partial charge in [-0.2, -0.15) is 0 Å². The Bertz CT molecular complexity index is 294. The van der Waals surface area contributed by atoms with Crippen molar-refractivity contribution in [3.05, 3.63) is 29.3 Å². The molecule has 0 amide bonds. The van der Waals surface area contributed by atoms with Crippen molar-refractivity contribution in [3.8, 4) is 5.75 Å². The van der Waals surface area contributed by atoms with Crippen LogP contribution in [-0.4, -0.2) is 24.1 Å². The lowest BCUT2D eigenvalue weighted by atomic mass is 10.2. The van der Waals surface area contributed by atoms with Crippen LogP contribution in [-0.2, 0) is 4.79 Å². The number of aliphatic hydroxyl groups excluding tert-OH is 1. The third-order valence-corrected chi connectivity index (χ3v) is 1.73. The normalized spacial score (nSPS) is 9.12. The first-order chi connectivity index (χ1) is 8.03. The Kier molecular flexibility index (Phi) is 10.9. The molecule has 1 rings (SSSR count). The summed E-state index contributed by atoms with van der Waals surface area (Å²) in [5.41, 5.74) is -0.784. The first-order valence-corrected chi connectivity index (χ1v) is 5.77. The van der Waals surface area contributed by atoms with Crippen LogP contribution in [0.3, 0.4) is 0 Å². The molecule has 98 valence electrons. The van der Waals surface area contributed by atoms with Crippen molar-refractivity contribution in [2.24, 2.45) is 0 Å². The topological polar surface area (TPSA) is 46.5 Å². The zero-order valence-electron chi connectivity index (χ0n) is 11.0. The summed E-state index contributed by atoms with van der Waals surface area (Å²) in [6.07, 6.45) is 0.765. The van der Waals surface area contributed by atoms with E-state index >= 15 is 0 Å². The number of aldehydes is 1. The molecule has 0 atom stereocenters. The fourth-order valence-electron chi connectivity index (χ4n) is 0.830. The van der Waals surface area contributed by atoms with Gasteiger partial charge in [-0.25, -0.2) is 0 Å². The SMILES string of the molecule is CC.CC(C)(C=O)Oc1ccc(Cl)cc1.CO. The zero-order valence-corrected chi connectivity index (χ0v) is 11.8. The van der Waals surface area contributed by atoms with Crippen molar-refractivity contribution in [1.29, 1.82) is 0 Å². The van der Waals surface area contributed by atoms with Gasteiger partial charge in [-0.05, 0) is 38.1 Å². The molecule has 0 aliphatic heterocycles. The fourth-order valence-corrected chi connectivity index (χ4v) is 0.956. The molecule has 1 N–H and O–H groups in total. The Labute approximate surface area is 108 Å². The Balaban J connectivity index is 0. The number of hydrogen-bond donors (Lipinski definition) is 1. The Morgan fingerprint density at radius 2 is 1.59 bits per heavy atom. The van der Waals surface area contributed by atoms with Gasteiger partial charge < -0.3 is 9.84 Å². The number of carbonyl (C=O) groups excluding carboxylic acids is 1. The van der Waals surface area contributed by atoms with Crippen LogP contribution in [0, 0.1) is 0 Å². The Hall–Kier alpha value is -1.06. The monoisotopic (exact) mass is 260 g/mol. The second-order valence-corrected chi connectivity index (χ2v) is 3.71. The molecule has 0 spiro atoms. The third-order valence-electron chi connectivity index (χ3n) is 1.48. The van der Waals surface area contributed by atoms with Crippen molar-refractivity contribution in [3.63, 3.8) is 0 Å². The van der Waals surface area contributed by atoms with Gasteiger partial charge in [0.15, 0.2) is 11.9 Å². The van der Waals surface area contributed by atoms with E-state index in [4.69, 9.17) is 21.4 Å². The van der Waals surface area contributed by atoms with Gasteiger partial charge in [0.1, 0.15) is 5.75 Å². The minimum Gasteiger partial charge on any atom is -0.480 e. The summed E-state index contributed by atoms with van der Waals surface area (Å²) in [5.74, 6) is 0.640. The minimum atomic E-state index is -0.784. The van der Waals surface area contributed by atoms with Gasteiger partial charge in [-0.15, -0.1) is 0 Å². The first kappa shape index (κ1) is 18.3. The van der Waals surface area contributed by atoms with E-state index in [2.05, 4.69) is 0 Å². The number of hydrogen-bond acceptors (Lipinski definition) is 3. The molecule has 0 aliphatic rings. The molecule has 0 radical (unpaired) electrons. The Morgan fingerprint density at radius 3 is 1.94 bits per heavy atom. The van der Waals surface area contributed by atoms with Crippen molar-refractivity contribution in [2.45, 2.75) is 33.3 Å². The van der Waals surface area contributed by atoms with E-state index < -0.39 is 5.60 Å². The van der Waals surface area contributed by atoms with Crippen LogP contribution >= 0.6 is 11.6 Å². The lowest BCUT2D eigenvalue weighted by molar-refractivity contribution is -0.118. The summed E-state index contributed by atoms with van der Waals surface area (Å²) in [7, 11) is 1.00. The number of carbonyl (C=O) groups is 1. The van der Waals surface area contributed by atoms with Crippen molar-refractivity contribution >= 4 is 17.9 Å². The van der Waals surface area contributed by atoms with E-state index in [1.807, 2.05) is 13.8 Å². The Morgan fingerprint density at radius 1 is 1.18 bits per heavy atom. The van der Waals surface area contributed by atoms with Crippen LogP contribution < -0.4 is 4.74 Å². The second-order valence-electron chi connectivity index (χ2n) is 3.28. The summed E-state index contributed by atoms with van der Waals surface area (Å²) < 4.78 is 5.38.